The minimum absolute atomic E-state index is 0.0127. The zero-order valence-electron chi connectivity index (χ0n) is 11.1. The van der Waals surface area contributed by atoms with Crippen LogP contribution in [0.25, 0.3) is 0 Å². The number of sulfonamides is 1. The summed E-state index contributed by atoms with van der Waals surface area (Å²) in [6, 6.07) is 5.52. The zero-order valence-corrected chi connectivity index (χ0v) is 12.7. The Bertz CT molecular complexity index is 679. The summed E-state index contributed by atoms with van der Waals surface area (Å²) in [7, 11) is -3.72. The highest BCUT2D eigenvalue weighted by atomic mass is 35.5. The zero-order chi connectivity index (χ0) is 15.1. The number of hydrogen-bond acceptors (Lipinski definition) is 4. The fraction of sp³-hybridized carbons (Fsp3) is 0.462. The highest BCUT2D eigenvalue weighted by Crippen LogP contribution is 2.41. The SMILES string of the molecule is CC1(C)C(O)CC1NS(=O)(=O)c1ccc(C#N)c(Cl)c1. The third-order valence-corrected chi connectivity index (χ3v) is 5.67. The third kappa shape index (κ3) is 2.54. The summed E-state index contributed by atoms with van der Waals surface area (Å²) < 4.78 is 27.1. The van der Waals surface area contributed by atoms with E-state index in [-0.39, 0.29) is 21.5 Å². The maximum Gasteiger partial charge on any atom is 0.240 e. The van der Waals surface area contributed by atoms with Gasteiger partial charge in [0.2, 0.25) is 10.0 Å². The predicted octanol–water partition coefficient (Wildman–Crippen LogP) is 1.65. The summed E-state index contributed by atoms with van der Waals surface area (Å²) in [4.78, 5) is 0.0127. The number of rotatable bonds is 3. The molecular formula is C13H15ClN2O3S. The molecule has 1 aromatic rings. The number of aliphatic hydroxyl groups excluding tert-OH is 1. The Kier molecular flexibility index (Phi) is 3.82. The van der Waals surface area contributed by atoms with Crippen molar-refractivity contribution < 1.29 is 13.5 Å². The molecule has 1 aliphatic rings. The molecule has 0 heterocycles. The van der Waals surface area contributed by atoms with Gasteiger partial charge in [-0.1, -0.05) is 25.4 Å². The van der Waals surface area contributed by atoms with Crippen LogP contribution in [-0.4, -0.2) is 25.7 Å². The van der Waals surface area contributed by atoms with Gasteiger partial charge in [-0.25, -0.2) is 13.1 Å². The lowest BCUT2D eigenvalue weighted by molar-refractivity contribution is -0.0645. The molecule has 7 heteroatoms. The Labute approximate surface area is 123 Å². The van der Waals surface area contributed by atoms with Crippen LogP contribution in [0.1, 0.15) is 25.8 Å². The molecule has 0 amide bonds. The minimum atomic E-state index is -3.72. The van der Waals surface area contributed by atoms with Gasteiger partial charge in [-0.2, -0.15) is 5.26 Å². The normalized spacial score (nSPS) is 24.8. The third-order valence-electron chi connectivity index (χ3n) is 3.88. The lowest BCUT2D eigenvalue weighted by Crippen LogP contribution is -2.61. The smallest absolute Gasteiger partial charge is 0.240 e. The molecular weight excluding hydrogens is 300 g/mol. The predicted molar refractivity (Wildman–Crippen MR) is 74.7 cm³/mol. The van der Waals surface area contributed by atoms with E-state index in [1.807, 2.05) is 6.07 Å². The first kappa shape index (κ1) is 15.3. The van der Waals surface area contributed by atoms with Crippen molar-refractivity contribution in [3.05, 3.63) is 28.8 Å². The summed E-state index contributed by atoms with van der Waals surface area (Å²) in [5, 5.41) is 18.5. The largest absolute Gasteiger partial charge is 0.392 e. The molecule has 1 aromatic carbocycles. The molecule has 1 fully saturated rings. The van der Waals surface area contributed by atoms with Crippen LogP contribution in [0.3, 0.4) is 0 Å². The van der Waals surface area contributed by atoms with Gasteiger partial charge >= 0.3 is 0 Å². The second-order valence-electron chi connectivity index (χ2n) is 5.50. The maximum atomic E-state index is 12.2. The lowest BCUT2D eigenvalue weighted by atomic mass is 9.65. The van der Waals surface area contributed by atoms with Crippen molar-refractivity contribution in [3.8, 4) is 6.07 Å². The van der Waals surface area contributed by atoms with Crippen LogP contribution in [0.2, 0.25) is 5.02 Å². The number of benzene rings is 1. The molecule has 1 saturated carbocycles. The molecule has 0 saturated heterocycles. The summed E-state index contributed by atoms with van der Waals surface area (Å²) in [5.41, 5.74) is -0.270. The molecule has 0 spiro atoms. The molecule has 1 aliphatic carbocycles. The van der Waals surface area contributed by atoms with Gasteiger partial charge < -0.3 is 5.11 Å². The topological polar surface area (TPSA) is 90.2 Å². The van der Waals surface area contributed by atoms with Gasteiger partial charge in [-0.15, -0.1) is 0 Å². The first-order valence-electron chi connectivity index (χ1n) is 6.08. The number of halogens is 1. The van der Waals surface area contributed by atoms with Crippen LogP contribution in [0.15, 0.2) is 23.1 Å². The van der Waals surface area contributed by atoms with E-state index >= 15 is 0 Å². The van der Waals surface area contributed by atoms with Crippen LogP contribution < -0.4 is 4.72 Å². The molecule has 2 atom stereocenters. The fourth-order valence-corrected chi connectivity index (χ4v) is 3.83. The van der Waals surface area contributed by atoms with Crippen molar-refractivity contribution in [1.82, 2.24) is 4.72 Å². The van der Waals surface area contributed by atoms with Gasteiger partial charge in [0.25, 0.3) is 0 Å². The van der Waals surface area contributed by atoms with Gasteiger partial charge in [-0.05, 0) is 24.6 Å². The molecule has 2 N–H and O–H groups in total. The van der Waals surface area contributed by atoms with Crippen molar-refractivity contribution in [3.63, 3.8) is 0 Å². The summed E-state index contributed by atoms with van der Waals surface area (Å²) in [6.07, 6.45) is -0.129. The van der Waals surface area contributed by atoms with Gasteiger partial charge in [0.1, 0.15) is 6.07 Å². The molecule has 0 aliphatic heterocycles. The van der Waals surface area contributed by atoms with E-state index in [9.17, 15) is 13.5 Å². The van der Waals surface area contributed by atoms with Gasteiger partial charge in [-0.3, -0.25) is 0 Å². The van der Waals surface area contributed by atoms with Gasteiger partial charge in [0, 0.05) is 11.5 Å². The van der Waals surface area contributed by atoms with E-state index in [1.54, 1.807) is 13.8 Å². The van der Waals surface area contributed by atoms with E-state index in [0.717, 1.165) is 0 Å². The highest BCUT2D eigenvalue weighted by molar-refractivity contribution is 7.89. The standard InChI is InChI=1S/C13H15ClN2O3S/c1-13(2)11(6-12(13)17)16-20(18,19)9-4-3-8(7-15)10(14)5-9/h3-5,11-12,16-17H,6H2,1-2H3. The first-order valence-corrected chi connectivity index (χ1v) is 7.94. The molecule has 108 valence electrons. The lowest BCUT2D eigenvalue weighted by Gasteiger charge is -2.49. The minimum Gasteiger partial charge on any atom is -0.392 e. The average Bonchev–Trinajstić information content (AvgIpc) is 2.38. The van der Waals surface area contributed by atoms with Crippen molar-refractivity contribution in [1.29, 1.82) is 5.26 Å². The maximum absolute atomic E-state index is 12.2. The average molecular weight is 315 g/mol. The molecule has 2 unspecified atom stereocenters. The number of nitrogens with zero attached hydrogens (tertiary/aromatic N) is 1. The highest BCUT2D eigenvalue weighted by Gasteiger charge is 2.48. The number of nitrogens with one attached hydrogen (secondary N) is 1. The Morgan fingerprint density at radius 2 is 2.15 bits per heavy atom. The van der Waals surface area contributed by atoms with Crippen LogP contribution >= 0.6 is 11.6 Å². The molecule has 5 nitrogen and oxygen atoms in total. The Morgan fingerprint density at radius 3 is 2.60 bits per heavy atom. The van der Waals surface area contributed by atoms with E-state index in [4.69, 9.17) is 16.9 Å². The molecule has 0 aromatic heterocycles. The van der Waals surface area contributed by atoms with Crippen LogP contribution in [0.5, 0.6) is 0 Å². The summed E-state index contributed by atoms with van der Waals surface area (Å²) >= 11 is 5.84. The summed E-state index contributed by atoms with van der Waals surface area (Å²) in [5.74, 6) is 0. The molecule has 2 rings (SSSR count). The molecule has 0 bridgehead atoms. The fourth-order valence-electron chi connectivity index (χ4n) is 2.11. The summed E-state index contributed by atoms with van der Waals surface area (Å²) in [6.45, 7) is 3.61. The number of nitriles is 1. The van der Waals surface area contributed by atoms with E-state index in [2.05, 4.69) is 4.72 Å². The molecule has 0 radical (unpaired) electrons. The van der Waals surface area contributed by atoms with Crippen molar-refractivity contribution in [2.45, 2.75) is 37.3 Å². The van der Waals surface area contributed by atoms with Gasteiger partial charge in [0.05, 0.1) is 21.6 Å². The second kappa shape index (κ2) is 5.01. The Hall–Kier alpha value is -1.13. The number of aliphatic hydroxyl groups is 1. The quantitative estimate of drug-likeness (QED) is 0.887. The van der Waals surface area contributed by atoms with Crippen molar-refractivity contribution in [2.24, 2.45) is 5.41 Å². The first-order chi connectivity index (χ1) is 9.18. The van der Waals surface area contributed by atoms with E-state index in [1.165, 1.54) is 18.2 Å². The van der Waals surface area contributed by atoms with E-state index < -0.39 is 21.5 Å². The van der Waals surface area contributed by atoms with Crippen LogP contribution in [0.4, 0.5) is 0 Å². The Morgan fingerprint density at radius 1 is 1.50 bits per heavy atom. The van der Waals surface area contributed by atoms with Crippen molar-refractivity contribution >= 4 is 21.6 Å². The van der Waals surface area contributed by atoms with Crippen LogP contribution in [0, 0.1) is 16.7 Å². The van der Waals surface area contributed by atoms with Gasteiger partial charge in [0.15, 0.2) is 0 Å². The van der Waals surface area contributed by atoms with Crippen molar-refractivity contribution in [2.75, 3.05) is 0 Å². The van der Waals surface area contributed by atoms with E-state index in [0.29, 0.717) is 6.42 Å². The monoisotopic (exact) mass is 314 g/mol. The molecule has 20 heavy (non-hydrogen) atoms. The second-order valence-corrected chi connectivity index (χ2v) is 7.62. The van der Waals surface area contributed by atoms with Crippen LogP contribution in [-0.2, 0) is 10.0 Å². The Balaban J connectivity index is 2.24. The number of hydrogen-bond donors (Lipinski definition) is 2.